The van der Waals surface area contributed by atoms with Crippen molar-refractivity contribution in [1.29, 1.82) is 0 Å². The van der Waals surface area contributed by atoms with Crippen LogP contribution in [-0.4, -0.2) is 35.5 Å². The Bertz CT molecular complexity index is 574. The number of hydrogen-bond donors (Lipinski definition) is 2. The molecule has 1 aromatic carbocycles. The lowest BCUT2D eigenvalue weighted by atomic mass is 10.0. The van der Waals surface area contributed by atoms with E-state index in [-0.39, 0.29) is 17.7 Å². The number of aryl methyl sites for hydroxylation is 1. The SMILES string of the molecule is Cc1ccc(S(=O)(=O)C(C)(CC[C@H](C)O)C(=O)O)cc1. The van der Waals surface area contributed by atoms with E-state index in [9.17, 15) is 23.4 Å². The molecular formula is C14H20O5S. The van der Waals surface area contributed by atoms with Gasteiger partial charge < -0.3 is 10.2 Å². The lowest BCUT2D eigenvalue weighted by Crippen LogP contribution is -2.44. The number of aliphatic hydroxyl groups is 1. The van der Waals surface area contributed by atoms with Crippen molar-refractivity contribution in [3.8, 4) is 0 Å². The van der Waals surface area contributed by atoms with E-state index in [2.05, 4.69) is 0 Å². The molecular weight excluding hydrogens is 280 g/mol. The first-order valence-electron chi connectivity index (χ1n) is 6.34. The molecule has 5 nitrogen and oxygen atoms in total. The Morgan fingerprint density at radius 1 is 1.30 bits per heavy atom. The summed E-state index contributed by atoms with van der Waals surface area (Å²) in [4.78, 5) is 11.4. The molecule has 6 heteroatoms. The van der Waals surface area contributed by atoms with Gasteiger partial charge in [-0.15, -0.1) is 0 Å². The summed E-state index contributed by atoms with van der Waals surface area (Å²) >= 11 is 0. The number of carboxylic acids is 1. The summed E-state index contributed by atoms with van der Waals surface area (Å²) in [6, 6.07) is 6.08. The van der Waals surface area contributed by atoms with Crippen LogP contribution in [0.25, 0.3) is 0 Å². The largest absolute Gasteiger partial charge is 0.480 e. The summed E-state index contributed by atoms with van der Waals surface area (Å²) in [5.41, 5.74) is 0.893. The van der Waals surface area contributed by atoms with Gasteiger partial charge in [-0.2, -0.15) is 0 Å². The van der Waals surface area contributed by atoms with Crippen molar-refractivity contribution in [2.45, 2.75) is 49.4 Å². The molecule has 2 N–H and O–H groups in total. The molecule has 0 spiro atoms. The predicted molar refractivity (Wildman–Crippen MR) is 75.3 cm³/mol. The molecule has 0 aliphatic heterocycles. The fourth-order valence-corrected chi connectivity index (χ4v) is 3.45. The van der Waals surface area contributed by atoms with Crippen molar-refractivity contribution in [3.63, 3.8) is 0 Å². The van der Waals surface area contributed by atoms with Crippen molar-refractivity contribution < 1.29 is 23.4 Å². The molecule has 20 heavy (non-hydrogen) atoms. The van der Waals surface area contributed by atoms with Crippen molar-refractivity contribution in [3.05, 3.63) is 29.8 Å². The van der Waals surface area contributed by atoms with Crippen LogP contribution in [0.4, 0.5) is 0 Å². The van der Waals surface area contributed by atoms with Crippen LogP contribution in [-0.2, 0) is 14.6 Å². The number of aliphatic hydroxyl groups excluding tert-OH is 1. The Morgan fingerprint density at radius 3 is 2.20 bits per heavy atom. The number of hydrogen-bond acceptors (Lipinski definition) is 4. The Balaban J connectivity index is 3.25. The minimum absolute atomic E-state index is 0.0152. The Hall–Kier alpha value is -1.40. The number of aliphatic carboxylic acids is 1. The van der Waals surface area contributed by atoms with Crippen molar-refractivity contribution in [2.24, 2.45) is 0 Å². The normalized spacial score (nSPS) is 16.4. The first-order valence-corrected chi connectivity index (χ1v) is 7.82. The van der Waals surface area contributed by atoms with Crippen molar-refractivity contribution >= 4 is 15.8 Å². The van der Waals surface area contributed by atoms with Crippen LogP contribution in [0.2, 0.25) is 0 Å². The van der Waals surface area contributed by atoms with Crippen LogP contribution in [0, 0.1) is 6.92 Å². The molecule has 0 radical (unpaired) electrons. The van der Waals surface area contributed by atoms with E-state index in [1.807, 2.05) is 6.92 Å². The van der Waals surface area contributed by atoms with Gasteiger partial charge >= 0.3 is 5.97 Å². The zero-order chi connectivity index (χ0) is 15.6. The number of carbonyl (C=O) groups is 1. The van der Waals surface area contributed by atoms with Gasteiger partial charge in [0.2, 0.25) is 0 Å². The molecule has 112 valence electrons. The molecule has 0 saturated heterocycles. The maximum absolute atomic E-state index is 12.6. The van der Waals surface area contributed by atoms with Gasteiger partial charge in [0.1, 0.15) is 0 Å². The zero-order valence-corrected chi connectivity index (χ0v) is 12.6. The van der Waals surface area contributed by atoms with E-state index in [4.69, 9.17) is 0 Å². The van der Waals surface area contributed by atoms with Crippen LogP contribution in [0.1, 0.15) is 32.3 Å². The van der Waals surface area contributed by atoms with Gasteiger partial charge in [0, 0.05) is 0 Å². The first-order chi connectivity index (χ1) is 9.11. The molecule has 0 heterocycles. The van der Waals surface area contributed by atoms with E-state index in [1.54, 1.807) is 12.1 Å². The van der Waals surface area contributed by atoms with Gasteiger partial charge in [0.25, 0.3) is 0 Å². The number of carboxylic acid groups (broad SMARTS) is 1. The summed E-state index contributed by atoms with van der Waals surface area (Å²) in [6.07, 6.45) is -0.786. The third-order valence-corrected chi connectivity index (χ3v) is 5.87. The second-order valence-corrected chi connectivity index (χ2v) is 7.62. The fourth-order valence-electron chi connectivity index (χ4n) is 1.82. The van der Waals surface area contributed by atoms with Crippen LogP contribution in [0.5, 0.6) is 0 Å². The van der Waals surface area contributed by atoms with E-state index >= 15 is 0 Å². The highest BCUT2D eigenvalue weighted by molar-refractivity contribution is 7.93. The molecule has 0 fully saturated rings. The summed E-state index contributed by atoms with van der Waals surface area (Å²) in [5, 5.41) is 18.6. The Labute approximate surface area is 119 Å². The standard InChI is InChI=1S/C14H20O5S/c1-10-4-6-12(7-5-10)20(18,19)14(3,13(16)17)9-8-11(2)15/h4-7,11,15H,8-9H2,1-3H3,(H,16,17)/t11-,14?/m0/s1. The van der Waals surface area contributed by atoms with Gasteiger partial charge in [-0.3, -0.25) is 4.79 Å². The molecule has 0 aliphatic rings. The van der Waals surface area contributed by atoms with Crippen LogP contribution < -0.4 is 0 Å². The molecule has 2 atom stereocenters. The topological polar surface area (TPSA) is 91.7 Å². The maximum atomic E-state index is 12.6. The van der Waals surface area contributed by atoms with Gasteiger partial charge in [0.05, 0.1) is 11.0 Å². The molecule has 1 rings (SSSR count). The van der Waals surface area contributed by atoms with Gasteiger partial charge in [-0.25, -0.2) is 8.42 Å². The average Bonchev–Trinajstić information content (AvgIpc) is 2.35. The van der Waals surface area contributed by atoms with E-state index in [0.717, 1.165) is 5.56 Å². The third kappa shape index (κ3) is 3.19. The smallest absolute Gasteiger partial charge is 0.325 e. The van der Waals surface area contributed by atoms with Gasteiger partial charge in [0.15, 0.2) is 14.6 Å². The molecule has 0 saturated carbocycles. The third-order valence-electron chi connectivity index (χ3n) is 3.42. The molecule has 0 aliphatic carbocycles. The Morgan fingerprint density at radius 2 is 1.80 bits per heavy atom. The summed E-state index contributed by atoms with van der Waals surface area (Å²) in [7, 11) is -4.02. The lowest BCUT2D eigenvalue weighted by molar-refractivity contribution is -0.139. The Kier molecular flexibility index (Phi) is 4.94. The predicted octanol–water partition coefficient (Wildman–Crippen LogP) is 1.77. The minimum atomic E-state index is -4.02. The molecule has 0 aromatic heterocycles. The maximum Gasteiger partial charge on any atom is 0.325 e. The molecule has 1 unspecified atom stereocenters. The second kappa shape index (κ2) is 5.93. The molecule has 1 aromatic rings. The monoisotopic (exact) mass is 300 g/mol. The number of rotatable bonds is 6. The second-order valence-electron chi connectivity index (χ2n) is 5.24. The summed E-state index contributed by atoms with van der Waals surface area (Å²) in [6.45, 7) is 4.51. The zero-order valence-electron chi connectivity index (χ0n) is 11.8. The van der Waals surface area contributed by atoms with E-state index in [0.29, 0.717) is 0 Å². The first kappa shape index (κ1) is 16.7. The van der Waals surface area contributed by atoms with Gasteiger partial charge in [-0.05, 0) is 45.7 Å². The minimum Gasteiger partial charge on any atom is -0.480 e. The fraction of sp³-hybridized carbons (Fsp3) is 0.500. The van der Waals surface area contributed by atoms with E-state index in [1.165, 1.54) is 26.0 Å². The number of benzene rings is 1. The lowest BCUT2D eigenvalue weighted by Gasteiger charge is -2.25. The number of sulfone groups is 1. The van der Waals surface area contributed by atoms with Gasteiger partial charge in [-0.1, -0.05) is 17.7 Å². The highest BCUT2D eigenvalue weighted by Crippen LogP contribution is 2.31. The van der Waals surface area contributed by atoms with Crippen LogP contribution in [0.15, 0.2) is 29.2 Å². The highest BCUT2D eigenvalue weighted by Gasteiger charge is 2.47. The van der Waals surface area contributed by atoms with Crippen molar-refractivity contribution in [2.75, 3.05) is 0 Å². The molecule has 0 amide bonds. The quantitative estimate of drug-likeness (QED) is 0.835. The summed E-state index contributed by atoms with van der Waals surface area (Å²) in [5.74, 6) is -1.40. The highest BCUT2D eigenvalue weighted by atomic mass is 32.2. The average molecular weight is 300 g/mol. The van der Waals surface area contributed by atoms with Crippen LogP contribution >= 0.6 is 0 Å². The van der Waals surface area contributed by atoms with E-state index < -0.39 is 26.7 Å². The van der Waals surface area contributed by atoms with Crippen molar-refractivity contribution in [1.82, 2.24) is 0 Å². The summed E-state index contributed by atoms with van der Waals surface area (Å²) < 4.78 is 23.2. The molecule has 0 bridgehead atoms. The van der Waals surface area contributed by atoms with Crippen LogP contribution in [0.3, 0.4) is 0 Å².